The highest BCUT2D eigenvalue weighted by Crippen LogP contribution is 2.27. The molecule has 0 saturated carbocycles. The number of nitrogens with one attached hydrogen (secondary N) is 2. The Labute approximate surface area is 139 Å². The first kappa shape index (κ1) is 15.9. The molecule has 0 spiro atoms. The van der Waals surface area contributed by atoms with Crippen molar-refractivity contribution in [2.45, 2.75) is 0 Å². The van der Waals surface area contributed by atoms with Gasteiger partial charge in [0.2, 0.25) is 16.0 Å². The molecule has 8 nitrogen and oxygen atoms in total. The van der Waals surface area contributed by atoms with Gasteiger partial charge in [0.15, 0.2) is 0 Å². The zero-order chi connectivity index (χ0) is 17.2. The third-order valence-electron chi connectivity index (χ3n) is 3.11. The van der Waals surface area contributed by atoms with Gasteiger partial charge in [-0.25, -0.2) is 18.4 Å². The second-order valence-electron chi connectivity index (χ2n) is 5.21. The second kappa shape index (κ2) is 6.28. The first-order chi connectivity index (χ1) is 11.4. The minimum Gasteiger partial charge on any atom is -0.321 e. The average Bonchev–Trinajstić information content (AvgIpc) is 2.91. The molecule has 0 aliphatic rings. The predicted molar refractivity (Wildman–Crippen MR) is 92.4 cm³/mol. The van der Waals surface area contributed by atoms with Crippen molar-refractivity contribution >= 4 is 27.3 Å². The van der Waals surface area contributed by atoms with Gasteiger partial charge in [-0.3, -0.25) is 9.40 Å². The highest BCUT2D eigenvalue weighted by molar-refractivity contribution is 7.92. The topological polar surface area (TPSA) is 102 Å². The zero-order valence-electron chi connectivity index (χ0n) is 13.1. The summed E-state index contributed by atoms with van der Waals surface area (Å²) < 4.78 is 27.2. The molecule has 0 atom stereocenters. The van der Waals surface area contributed by atoms with Crippen molar-refractivity contribution in [3.63, 3.8) is 0 Å². The molecule has 0 amide bonds. The van der Waals surface area contributed by atoms with Crippen molar-refractivity contribution in [1.29, 1.82) is 0 Å². The lowest BCUT2D eigenvalue weighted by molar-refractivity contribution is 0.607. The number of anilines is 3. The van der Waals surface area contributed by atoms with E-state index in [1.807, 2.05) is 13.1 Å². The fraction of sp³-hybridized carbons (Fsp3) is 0.133. The lowest BCUT2D eigenvalue weighted by Crippen LogP contribution is -2.10. The van der Waals surface area contributed by atoms with E-state index in [1.165, 1.54) is 0 Å². The fourth-order valence-corrected chi connectivity index (χ4v) is 2.76. The Hall–Kier alpha value is -2.94. The smallest absolute Gasteiger partial charge is 0.229 e. The van der Waals surface area contributed by atoms with Crippen LogP contribution in [-0.4, -0.2) is 34.4 Å². The van der Waals surface area contributed by atoms with Crippen LogP contribution in [0.4, 0.5) is 17.3 Å². The van der Waals surface area contributed by atoms with E-state index in [0.717, 1.165) is 11.9 Å². The third kappa shape index (κ3) is 3.87. The molecule has 0 saturated heterocycles. The molecule has 0 radical (unpaired) electrons. The maximum absolute atomic E-state index is 11.5. The average molecular weight is 344 g/mol. The number of benzene rings is 1. The van der Waals surface area contributed by atoms with Gasteiger partial charge in [-0.2, -0.15) is 5.10 Å². The van der Waals surface area contributed by atoms with Crippen LogP contribution in [-0.2, 0) is 17.1 Å². The number of nitrogens with zero attached hydrogens (tertiary/aromatic N) is 4. The second-order valence-corrected chi connectivity index (χ2v) is 6.96. The quantitative estimate of drug-likeness (QED) is 0.734. The van der Waals surface area contributed by atoms with Gasteiger partial charge in [0, 0.05) is 25.0 Å². The molecule has 2 N–H and O–H groups in total. The summed E-state index contributed by atoms with van der Waals surface area (Å²) >= 11 is 0. The molecule has 0 bridgehead atoms. The number of hydrogen-bond acceptors (Lipinski definition) is 6. The van der Waals surface area contributed by atoms with Gasteiger partial charge < -0.3 is 5.32 Å². The van der Waals surface area contributed by atoms with E-state index in [1.54, 1.807) is 47.5 Å². The van der Waals surface area contributed by atoms with Crippen LogP contribution in [0, 0.1) is 0 Å². The summed E-state index contributed by atoms with van der Waals surface area (Å²) in [5, 5.41) is 7.13. The standard InChI is InChI=1S/C15H16N6O2S/c1-21-10-11(9-17-21)18-15-16-8-7-13(19-15)12-5-3-4-6-14(12)20-24(2,22)23/h3-10,20H,1-2H3,(H,16,18,19). The Balaban J connectivity index is 1.94. The molecule has 1 aromatic carbocycles. The molecule has 2 heterocycles. The van der Waals surface area contributed by atoms with Gasteiger partial charge in [-0.15, -0.1) is 0 Å². The van der Waals surface area contributed by atoms with Gasteiger partial charge in [0.05, 0.1) is 29.5 Å². The van der Waals surface area contributed by atoms with Crippen LogP contribution in [0.2, 0.25) is 0 Å². The summed E-state index contributed by atoms with van der Waals surface area (Å²) in [6, 6.07) is 8.78. The van der Waals surface area contributed by atoms with E-state index >= 15 is 0 Å². The molecular weight excluding hydrogens is 328 g/mol. The molecule has 9 heteroatoms. The van der Waals surface area contributed by atoms with Crippen LogP contribution in [0.3, 0.4) is 0 Å². The Morgan fingerprint density at radius 2 is 1.96 bits per heavy atom. The van der Waals surface area contributed by atoms with Gasteiger partial charge in [0.1, 0.15) is 0 Å². The van der Waals surface area contributed by atoms with Crippen LogP contribution in [0.25, 0.3) is 11.3 Å². The SMILES string of the molecule is Cn1cc(Nc2nccc(-c3ccccc3NS(C)(=O)=O)n2)cn1. The maximum Gasteiger partial charge on any atom is 0.229 e. The Bertz CT molecular complexity index is 967. The Morgan fingerprint density at radius 3 is 2.67 bits per heavy atom. The van der Waals surface area contributed by atoms with Crippen LogP contribution in [0.5, 0.6) is 0 Å². The summed E-state index contributed by atoms with van der Waals surface area (Å²) in [5.41, 5.74) is 2.49. The summed E-state index contributed by atoms with van der Waals surface area (Å²) in [7, 11) is -1.57. The number of aromatic nitrogens is 4. The van der Waals surface area contributed by atoms with Gasteiger partial charge >= 0.3 is 0 Å². The van der Waals surface area contributed by atoms with Crippen molar-refractivity contribution in [3.05, 3.63) is 48.9 Å². The Kier molecular flexibility index (Phi) is 4.17. The molecule has 24 heavy (non-hydrogen) atoms. The number of hydrogen-bond donors (Lipinski definition) is 2. The molecule has 0 aliphatic carbocycles. The lowest BCUT2D eigenvalue weighted by Gasteiger charge is -2.11. The number of para-hydroxylation sites is 1. The highest BCUT2D eigenvalue weighted by Gasteiger charge is 2.11. The maximum atomic E-state index is 11.5. The molecular formula is C15H16N6O2S. The monoisotopic (exact) mass is 344 g/mol. The van der Waals surface area contributed by atoms with E-state index in [0.29, 0.717) is 22.9 Å². The van der Waals surface area contributed by atoms with Crippen molar-refractivity contribution in [2.75, 3.05) is 16.3 Å². The van der Waals surface area contributed by atoms with Crippen LogP contribution in [0.1, 0.15) is 0 Å². The largest absolute Gasteiger partial charge is 0.321 e. The van der Waals surface area contributed by atoms with Crippen molar-refractivity contribution in [3.8, 4) is 11.3 Å². The number of aryl methyl sites for hydroxylation is 1. The minimum atomic E-state index is -3.38. The van der Waals surface area contributed by atoms with Crippen LogP contribution >= 0.6 is 0 Å². The summed E-state index contributed by atoms with van der Waals surface area (Å²) in [6.07, 6.45) is 6.18. The third-order valence-corrected chi connectivity index (χ3v) is 3.71. The first-order valence-electron chi connectivity index (χ1n) is 7.07. The van der Waals surface area contributed by atoms with E-state index in [9.17, 15) is 8.42 Å². The minimum absolute atomic E-state index is 0.398. The van der Waals surface area contributed by atoms with Crippen molar-refractivity contribution in [1.82, 2.24) is 19.7 Å². The molecule has 124 valence electrons. The number of sulfonamides is 1. The van der Waals surface area contributed by atoms with Gasteiger partial charge in [-0.1, -0.05) is 18.2 Å². The van der Waals surface area contributed by atoms with E-state index in [4.69, 9.17) is 0 Å². The highest BCUT2D eigenvalue weighted by atomic mass is 32.2. The van der Waals surface area contributed by atoms with Gasteiger partial charge in [0.25, 0.3) is 0 Å². The molecule has 3 rings (SSSR count). The fourth-order valence-electron chi connectivity index (χ4n) is 2.18. The van der Waals surface area contributed by atoms with Crippen LogP contribution < -0.4 is 10.0 Å². The molecule has 3 aromatic rings. The summed E-state index contributed by atoms with van der Waals surface area (Å²) in [5.74, 6) is 0.398. The molecule has 0 unspecified atom stereocenters. The summed E-state index contributed by atoms with van der Waals surface area (Å²) in [6.45, 7) is 0. The Morgan fingerprint density at radius 1 is 1.17 bits per heavy atom. The van der Waals surface area contributed by atoms with E-state index in [-0.39, 0.29) is 0 Å². The predicted octanol–water partition coefficient (Wildman–Crippen LogP) is 1.99. The molecule has 2 aromatic heterocycles. The molecule has 0 aliphatic heterocycles. The van der Waals surface area contributed by atoms with Gasteiger partial charge in [-0.05, 0) is 12.1 Å². The normalized spacial score (nSPS) is 11.2. The van der Waals surface area contributed by atoms with E-state index in [2.05, 4.69) is 25.1 Å². The van der Waals surface area contributed by atoms with Crippen molar-refractivity contribution < 1.29 is 8.42 Å². The summed E-state index contributed by atoms with van der Waals surface area (Å²) in [4.78, 5) is 8.62. The van der Waals surface area contributed by atoms with E-state index < -0.39 is 10.0 Å². The zero-order valence-corrected chi connectivity index (χ0v) is 13.9. The lowest BCUT2D eigenvalue weighted by atomic mass is 10.1. The van der Waals surface area contributed by atoms with Crippen molar-refractivity contribution in [2.24, 2.45) is 7.05 Å². The molecule has 0 fully saturated rings. The van der Waals surface area contributed by atoms with Crippen LogP contribution in [0.15, 0.2) is 48.9 Å². The first-order valence-corrected chi connectivity index (χ1v) is 8.96. The number of rotatable bonds is 5.